The van der Waals surface area contributed by atoms with Crippen LogP contribution in [-0.4, -0.2) is 25.8 Å². The quantitative estimate of drug-likeness (QED) is 0.666. The van der Waals surface area contributed by atoms with Crippen LogP contribution in [0, 0.1) is 0 Å². The van der Waals surface area contributed by atoms with Gasteiger partial charge in [0.2, 0.25) is 5.82 Å². The summed E-state index contributed by atoms with van der Waals surface area (Å²) in [7, 11) is 0. The minimum Gasteiger partial charge on any atom is -0.386 e. The van der Waals surface area contributed by atoms with E-state index in [1.165, 1.54) is 11.0 Å². The zero-order chi connectivity index (χ0) is 17.6. The number of halogens is 1. The van der Waals surface area contributed by atoms with Crippen LogP contribution in [0.3, 0.4) is 0 Å². The van der Waals surface area contributed by atoms with Crippen molar-refractivity contribution in [2.24, 2.45) is 0 Å². The minimum atomic E-state index is -0.708. The van der Waals surface area contributed by atoms with Crippen LogP contribution in [0.15, 0.2) is 65.4 Å². The van der Waals surface area contributed by atoms with Gasteiger partial charge in [-0.15, -0.1) is 5.10 Å². The number of carbonyl (C=O) groups is 1. The summed E-state index contributed by atoms with van der Waals surface area (Å²) >= 11 is 3.40. The molecule has 0 saturated carbocycles. The zero-order valence-corrected chi connectivity index (χ0v) is 14.9. The molecule has 1 aromatic heterocycles. The Kier molecular flexibility index (Phi) is 5.57. The number of carbonyl (C=O) groups excluding carboxylic acids is 1. The van der Waals surface area contributed by atoms with Gasteiger partial charge < -0.3 is 10.4 Å². The van der Waals surface area contributed by atoms with Crippen molar-refractivity contribution < 1.29 is 9.90 Å². The highest BCUT2D eigenvalue weighted by Gasteiger charge is 2.14. The number of hydrogen-bond donors (Lipinski definition) is 2. The normalized spacial score (nSPS) is 11.9. The van der Waals surface area contributed by atoms with E-state index in [-0.39, 0.29) is 18.3 Å². The molecule has 0 radical (unpaired) electrons. The Balaban J connectivity index is 1.58. The summed E-state index contributed by atoms with van der Waals surface area (Å²) in [5.74, 6) is -0.275. The first kappa shape index (κ1) is 17.3. The molecule has 0 aliphatic rings. The zero-order valence-electron chi connectivity index (χ0n) is 13.3. The fourth-order valence-electron chi connectivity index (χ4n) is 2.35. The number of amides is 1. The first-order valence-corrected chi connectivity index (χ1v) is 8.56. The molecule has 2 N–H and O–H groups in total. The van der Waals surface area contributed by atoms with E-state index in [1.807, 2.05) is 54.6 Å². The van der Waals surface area contributed by atoms with Crippen LogP contribution in [0.5, 0.6) is 0 Å². The van der Waals surface area contributed by atoms with Gasteiger partial charge in [-0.2, -0.15) is 0 Å². The van der Waals surface area contributed by atoms with Crippen molar-refractivity contribution in [3.05, 3.63) is 82.3 Å². The topological polar surface area (TPSA) is 80.0 Å². The fraction of sp³-hybridized carbons (Fsp3) is 0.167. The van der Waals surface area contributed by atoms with Gasteiger partial charge in [0.25, 0.3) is 5.91 Å². The molecule has 1 amide bonds. The predicted molar refractivity (Wildman–Crippen MR) is 96.7 cm³/mol. The highest BCUT2D eigenvalue weighted by molar-refractivity contribution is 9.10. The number of nitrogens with one attached hydrogen (secondary N) is 1. The van der Waals surface area contributed by atoms with Crippen LogP contribution in [0.25, 0.3) is 0 Å². The molecule has 1 heterocycles. The number of aromatic nitrogens is 3. The van der Waals surface area contributed by atoms with Crippen molar-refractivity contribution in [2.75, 3.05) is 0 Å². The Morgan fingerprint density at radius 3 is 2.76 bits per heavy atom. The highest BCUT2D eigenvalue weighted by atomic mass is 79.9. The maximum absolute atomic E-state index is 12.1. The lowest BCUT2D eigenvalue weighted by molar-refractivity contribution is 0.0938. The lowest BCUT2D eigenvalue weighted by Crippen LogP contribution is -2.24. The van der Waals surface area contributed by atoms with Gasteiger partial charge >= 0.3 is 0 Å². The van der Waals surface area contributed by atoms with E-state index in [0.29, 0.717) is 6.54 Å². The molecule has 2 aromatic carbocycles. The van der Waals surface area contributed by atoms with Crippen molar-refractivity contribution in [1.82, 2.24) is 20.1 Å². The average Bonchev–Trinajstić information content (AvgIpc) is 3.09. The van der Waals surface area contributed by atoms with Gasteiger partial charge in [0.15, 0.2) is 0 Å². The Labute approximate surface area is 153 Å². The Hall–Kier alpha value is -2.51. The first-order valence-electron chi connectivity index (χ1n) is 7.77. The lowest BCUT2D eigenvalue weighted by atomic mass is 10.1. The summed E-state index contributed by atoms with van der Waals surface area (Å²) in [6, 6.07) is 17.0. The van der Waals surface area contributed by atoms with Crippen LogP contribution in [0.2, 0.25) is 0 Å². The maximum Gasteiger partial charge on any atom is 0.291 e. The Morgan fingerprint density at radius 2 is 2.00 bits per heavy atom. The third-order valence-electron chi connectivity index (χ3n) is 3.63. The molecule has 7 heteroatoms. The van der Waals surface area contributed by atoms with Crippen molar-refractivity contribution in [3.8, 4) is 0 Å². The van der Waals surface area contributed by atoms with E-state index >= 15 is 0 Å². The van der Waals surface area contributed by atoms with Gasteiger partial charge in [-0.3, -0.25) is 4.79 Å². The Bertz CT molecular complexity index is 851. The average molecular weight is 401 g/mol. The highest BCUT2D eigenvalue weighted by Crippen LogP contribution is 2.14. The number of rotatable bonds is 6. The van der Waals surface area contributed by atoms with Gasteiger partial charge in [0.05, 0.1) is 12.6 Å². The molecule has 0 fully saturated rings. The smallest absolute Gasteiger partial charge is 0.291 e. The molecule has 25 heavy (non-hydrogen) atoms. The number of aliphatic hydroxyl groups excluding tert-OH is 1. The van der Waals surface area contributed by atoms with E-state index in [0.717, 1.165) is 15.6 Å². The van der Waals surface area contributed by atoms with E-state index < -0.39 is 6.10 Å². The molecule has 1 atom stereocenters. The summed E-state index contributed by atoms with van der Waals surface area (Å²) in [6.07, 6.45) is 0.737. The van der Waals surface area contributed by atoms with Crippen LogP contribution in [-0.2, 0) is 13.1 Å². The van der Waals surface area contributed by atoms with E-state index in [2.05, 4.69) is 31.3 Å². The molecule has 0 unspecified atom stereocenters. The maximum atomic E-state index is 12.1. The van der Waals surface area contributed by atoms with Crippen LogP contribution in [0.4, 0.5) is 0 Å². The van der Waals surface area contributed by atoms with Gasteiger partial charge in [0.1, 0.15) is 6.33 Å². The molecule has 0 bridgehead atoms. The van der Waals surface area contributed by atoms with Gasteiger partial charge in [0, 0.05) is 11.0 Å². The van der Waals surface area contributed by atoms with E-state index in [4.69, 9.17) is 0 Å². The second-order valence-electron chi connectivity index (χ2n) is 5.53. The fourth-order valence-corrected chi connectivity index (χ4v) is 2.80. The van der Waals surface area contributed by atoms with E-state index in [9.17, 15) is 9.90 Å². The monoisotopic (exact) mass is 400 g/mol. The van der Waals surface area contributed by atoms with Gasteiger partial charge in [-0.1, -0.05) is 58.4 Å². The molecule has 128 valence electrons. The molecule has 0 saturated heterocycles. The number of nitrogens with zero attached hydrogens (tertiary/aromatic N) is 3. The van der Waals surface area contributed by atoms with Crippen molar-refractivity contribution in [1.29, 1.82) is 0 Å². The standard InChI is InChI=1S/C18H17BrN4O2/c19-15-8-4-5-13(9-15)10-20-18(25)17-21-12-23(22-17)11-16(24)14-6-2-1-3-7-14/h1-9,12,16,24H,10-11H2,(H,20,25)/t16-/m1/s1. The number of aliphatic hydroxyl groups is 1. The molecule has 6 nitrogen and oxygen atoms in total. The summed E-state index contributed by atoms with van der Waals surface area (Å²) in [6.45, 7) is 0.620. The van der Waals surface area contributed by atoms with Gasteiger partial charge in [-0.25, -0.2) is 9.67 Å². The summed E-state index contributed by atoms with van der Waals surface area (Å²) < 4.78 is 2.42. The third kappa shape index (κ3) is 4.74. The SMILES string of the molecule is O=C(NCc1cccc(Br)c1)c1ncn(C[C@@H](O)c2ccccc2)n1. The molecular weight excluding hydrogens is 384 g/mol. The lowest BCUT2D eigenvalue weighted by Gasteiger charge is -2.10. The molecule has 0 spiro atoms. The van der Waals surface area contributed by atoms with Gasteiger partial charge in [-0.05, 0) is 23.3 Å². The minimum absolute atomic E-state index is 0.0789. The van der Waals surface area contributed by atoms with Crippen LogP contribution < -0.4 is 5.32 Å². The number of benzene rings is 2. The number of hydrogen-bond acceptors (Lipinski definition) is 4. The second-order valence-corrected chi connectivity index (χ2v) is 6.44. The third-order valence-corrected chi connectivity index (χ3v) is 4.12. The predicted octanol–water partition coefficient (Wildman–Crippen LogP) is 2.70. The van der Waals surface area contributed by atoms with Crippen molar-refractivity contribution >= 4 is 21.8 Å². The summed E-state index contributed by atoms with van der Waals surface area (Å²) in [4.78, 5) is 16.2. The molecule has 0 aliphatic carbocycles. The molecule has 3 aromatic rings. The Morgan fingerprint density at radius 1 is 1.20 bits per heavy atom. The summed E-state index contributed by atoms with van der Waals surface area (Å²) in [5, 5.41) is 17.1. The molecular formula is C18H17BrN4O2. The molecule has 0 aliphatic heterocycles. The van der Waals surface area contributed by atoms with E-state index in [1.54, 1.807) is 0 Å². The van der Waals surface area contributed by atoms with Crippen molar-refractivity contribution in [2.45, 2.75) is 19.2 Å². The van der Waals surface area contributed by atoms with Crippen molar-refractivity contribution in [3.63, 3.8) is 0 Å². The van der Waals surface area contributed by atoms with Crippen LogP contribution in [0.1, 0.15) is 27.8 Å². The van der Waals surface area contributed by atoms with Crippen LogP contribution >= 0.6 is 15.9 Å². The largest absolute Gasteiger partial charge is 0.386 e. The second kappa shape index (κ2) is 8.04. The first-order chi connectivity index (χ1) is 12.1. The summed E-state index contributed by atoms with van der Waals surface area (Å²) in [5.41, 5.74) is 1.76. The molecule has 3 rings (SSSR count).